The van der Waals surface area contributed by atoms with Gasteiger partial charge < -0.3 is 22.1 Å². The SMILES string of the molecule is NC(=O)NCCNc1ccc(C(N)=S)nc1. The molecule has 0 bridgehead atoms. The number of thiocarbonyl (C=S) groups is 1. The number of nitrogens with two attached hydrogens (primary N) is 2. The molecule has 0 aliphatic carbocycles. The molecule has 1 rings (SSSR count). The van der Waals surface area contributed by atoms with Crippen LogP contribution >= 0.6 is 12.2 Å². The van der Waals surface area contributed by atoms with Crippen LogP contribution in [0.2, 0.25) is 0 Å². The molecule has 86 valence electrons. The molecule has 6 N–H and O–H groups in total. The van der Waals surface area contributed by atoms with E-state index in [4.69, 9.17) is 23.7 Å². The van der Waals surface area contributed by atoms with E-state index in [2.05, 4.69) is 15.6 Å². The molecule has 0 spiro atoms. The number of nitrogens with zero attached hydrogens (tertiary/aromatic N) is 1. The van der Waals surface area contributed by atoms with Gasteiger partial charge in [-0.2, -0.15) is 0 Å². The molecule has 1 aromatic heterocycles. The first-order chi connectivity index (χ1) is 7.59. The first-order valence-electron chi connectivity index (χ1n) is 4.62. The fourth-order valence-electron chi connectivity index (χ4n) is 1.04. The van der Waals surface area contributed by atoms with Gasteiger partial charge in [-0.25, -0.2) is 4.79 Å². The maximum absolute atomic E-state index is 10.4. The molecule has 1 aromatic rings. The number of anilines is 1. The normalized spacial score (nSPS) is 9.50. The van der Waals surface area contributed by atoms with Crippen molar-refractivity contribution in [2.45, 2.75) is 0 Å². The van der Waals surface area contributed by atoms with Gasteiger partial charge in [-0.1, -0.05) is 12.2 Å². The molecule has 16 heavy (non-hydrogen) atoms. The van der Waals surface area contributed by atoms with Gasteiger partial charge in [-0.15, -0.1) is 0 Å². The zero-order chi connectivity index (χ0) is 12.0. The smallest absolute Gasteiger partial charge is 0.312 e. The van der Waals surface area contributed by atoms with Gasteiger partial charge in [0.05, 0.1) is 17.6 Å². The summed E-state index contributed by atoms with van der Waals surface area (Å²) in [5.41, 5.74) is 11.7. The Morgan fingerprint density at radius 1 is 1.38 bits per heavy atom. The van der Waals surface area contributed by atoms with Gasteiger partial charge >= 0.3 is 6.03 Å². The Balaban J connectivity index is 2.38. The highest BCUT2D eigenvalue weighted by Gasteiger charge is 1.98. The average molecular weight is 239 g/mol. The number of rotatable bonds is 5. The number of hydrogen-bond donors (Lipinski definition) is 4. The number of pyridine rings is 1. The monoisotopic (exact) mass is 239 g/mol. The Morgan fingerprint density at radius 2 is 2.12 bits per heavy atom. The van der Waals surface area contributed by atoms with Gasteiger partial charge in [0, 0.05) is 13.1 Å². The number of hydrogen-bond acceptors (Lipinski definition) is 4. The zero-order valence-corrected chi connectivity index (χ0v) is 9.38. The van der Waals surface area contributed by atoms with E-state index < -0.39 is 6.03 Å². The molecule has 0 saturated carbocycles. The third-order valence-electron chi connectivity index (χ3n) is 1.77. The van der Waals surface area contributed by atoms with Gasteiger partial charge in [0.2, 0.25) is 0 Å². The number of primary amides is 1. The van der Waals surface area contributed by atoms with Crippen LogP contribution in [-0.4, -0.2) is 29.1 Å². The highest BCUT2D eigenvalue weighted by molar-refractivity contribution is 7.80. The molecule has 0 aliphatic heterocycles. The predicted octanol–water partition coefficient (Wildman–Crippen LogP) is -0.204. The molecule has 0 atom stereocenters. The molecule has 6 nitrogen and oxygen atoms in total. The van der Waals surface area contributed by atoms with E-state index in [0.29, 0.717) is 18.8 Å². The summed E-state index contributed by atoms with van der Waals surface area (Å²) in [4.78, 5) is 14.7. The number of urea groups is 1. The predicted molar refractivity (Wildman–Crippen MR) is 66.2 cm³/mol. The molecule has 2 amide bonds. The van der Waals surface area contributed by atoms with Crippen LogP contribution in [0.3, 0.4) is 0 Å². The van der Waals surface area contributed by atoms with E-state index in [0.717, 1.165) is 5.69 Å². The van der Waals surface area contributed by atoms with E-state index in [1.807, 2.05) is 6.07 Å². The van der Waals surface area contributed by atoms with Crippen LogP contribution in [0.25, 0.3) is 0 Å². The van der Waals surface area contributed by atoms with Crippen molar-refractivity contribution in [1.29, 1.82) is 0 Å². The third kappa shape index (κ3) is 4.09. The van der Waals surface area contributed by atoms with E-state index in [9.17, 15) is 4.79 Å². The molecular weight excluding hydrogens is 226 g/mol. The summed E-state index contributed by atoms with van der Waals surface area (Å²) in [6, 6.07) is 3.00. The summed E-state index contributed by atoms with van der Waals surface area (Å²) in [7, 11) is 0. The second-order valence-electron chi connectivity index (χ2n) is 3.01. The Kier molecular flexibility index (Phi) is 4.46. The summed E-state index contributed by atoms with van der Waals surface area (Å²) in [6.07, 6.45) is 1.62. The molecule has 1 heterocycles. The number of carbonyl (C=O) groups excluding carboxylic acids is 1. The van der Waals surface area contributed by atoms with Crippen molar-refractivity contribution in [3.8, 4) is 0 Å². The van der Waals surface area contributed by atoms with Crippen molar-refractivity contribution < 1.29 is 4.79 Å². The van der Waals surface area contributed by atoms with E-state index in [-0.39, 0.29) is 4.99 Å². The van der Waals surface area contributed by atoms with Crippen LogP contribution in [0, 0.1) is 0 Å². The lowest BCUT2D eigenvalue weighted by atomic mass is 10.3. The Bertz CT molecular complexity index is 378. The fourth-order valence-corrected chi connectivity index (χ4v) is 1.16. The summed E-state index contributed by atoms with van der Waals surface area (Å²) >= 11 is 4.77. The number of nitrogens with one attached hydrogen (secondary N) is 2. The minimum absolute atomic E-state index is 0.266. The van der Waals surface area contributed by atoms with Gasteiger partial charge in [-0.05, 0) is 12.1 Å². The van der Waals surface area contributed by atoms with E-state index >= 15 is 0 Å². The molecule has 0 unspecified atom stereocenters. The largest absolute Gasteiger partial charge is 0.388 e. The van der Waals surface area contributed by atoms with Crippen LogP contribution in [0.15, 0.2) is 18.3 Å². The molecule has 7 heteroatoms. The lowest BCUT2D eigenvalue weighted by Crippen LogP contribution is -2.33. The summed E-state index contributed by atoms with van der Waals surface area (Å²) in [5.74, 6) is 0. The first-order valence-corrected chi connectivity index (χ1v) is 5.03. The quantitative estimate of drug-likeness (QED) is 0.420. The number of amides is 2. The second-order valence-corrected chi connectivity index (χ2v) is 3.45. The Hall–Kier alpha value is -1.89. The minimum Gasteiger partial charge on any atom is -0.388 e. The van der Waals surface area contributed by atoms with Crippen LogP contribution in [-0.2, 0) is 0 Å². The highest BCUT2D eigenvalue weighted by Crippen LogP contribution is 2.05. The van der Waals surface area contributed by atoms with Gasteiger partial charge in [0.15, 0.2) is 0 Å². The van der Waals surface area contributed by atoms with Crippen LogP contribution in [0.1, 0.15) is 5.69 Å². The molecule has 0 saturated heterocycles. The van der Waals surface area contributed by atoms with Gasteiger partial charge in [-0.3, -0.25) is 4.98 Å². The third-order valence-corrected chi connectivity index (χ3v) is 1.98. The van der Waals surface area contributed by atoms with Crippen LogP contribution in [0.4, 0.5) is 10.5 Å². The standard InChI is InChI=1S/C9H13N5OS/c10-8(16)7-2-1-6(5-14-7)12-3-4-13-9(11)15/h1-2,5,12H,3-4H2,(H2,10,16)(H3,11,13,15). The Labute approximate surface area is 98.4 Å². The summed E-state index contributed by atoms with van der Waals surface area (Å²) in [6.45, 7) is 1.02. The van der Waals surface area contributed by atoms with Crippen molar-refractivity contribution in [1.82, 2.24) is 10.3 Å². The summed E-state index contributed by atoms with van der Waals surface area (Å²) < 4.78 is 0. The van der Waals surface area contributed by atoms with E-state index in [1.165, 1.54) is 0 Å². The van der Waals surface area contributed by atoms with Gasteiger partial charge in [0.1, 0.15) is 4.99 Å². The van der Waals surface area contributed by atoms with Crippen molar-refractivity contribution in [2.75, 3.05) is 18.4 Å². The van der Waals surface area contributed by atoms with Crippen molar-refractivity contribution in [3.05, 3.63) is 24.0 Å². The topological polar surface area (TPSA) is 106 Å². The maximum Gasteiger partial charge on any atom is 0.312 e. The summed E-state index contributed by atoms with van der Waals surface area (Å²) in [5, 5.41) is 5.51. The zero-order valence-electron chi connectivity index (χ0n) is 8.56. The van der Waals surface area contributed by atoms with E-state index in [1.54, 1.807) is 12.3 Å². The minimum atomic E-state index is -0.538. The number of carbonyl (C=O) groups is 1. The molecular formula is C9H13N5OS. The molecule has 0 radical (unpaired) electrons. The average Bonchev–Trinajstić information content (AvgIpc) is 2.25. The molecule has 0 fully saturated rings. The van der Waals surface area contributed by atoms with Crippen molar-refractivity contribution in [3.63, 3.8) is 0 Å². The lowest BCUT2D eigenvalue weighted by molar-refractivity contribution is 0.249. The Morgan fingerprint density at radius 3 is 2.62 bits per heavy atom. The highest BCUT2D eigenvalue weighted by atomic mass is 32.1. The van der Waals surface area contributed by atoms with Crippen LogP contribution < -0.4 is 22.1 Å². The van der Waals surface area contributed by atoms with Crippen LogP contribution in [0.5, 0.6) is 0 Å². The number of aromatic nitrogens is 1. The lowest BCUT2D eigenvalue weighted by Gasteiger charge is -2.06. The van der Waals surface area contributed by atoms with Gasteiger partial charge in [0.25, 0.3) is 0 Å². The second kappa shape index (κ2) is 5.86. The molecule has 0 aliphatic rings. The fraction of sp³-hybridized carbons (Fsp3) is 0.222. The maximum atomic E-state index is 10.4. The first kappa shape index (κ1) is 12.2. The van der Waals surface area contributed by atoms with Crippen molar-refractivity contribution in [2.24, 2.45) is 11.5 Å². The molecule has 0 aromatic carbocycles. The van der Waals surface area contributed by atoms with Crippen molar-refractivity contribution >= 4 is 28.9 Å².